The molecule has 1 aliphatic rings. The molecule has 0 aliphatic carbocycles. The molecule has 2 N–H and O–H groups in total. The van der Waals surface area contributed by atoms with Crippen molar-refractivity contribution in [3.05, 3.63) is 0 Å². The lowest BCUT2D eigenvalue weighted by atomic mass is 10.00. The Labute approximate surface area is 140 Å². The lowest BCUT2D eigenvalue weighted by Gasteiger charge is -2.40. The van der Waals surface area contributed by atoms with Crippen LogP contribution in [0.15, 0.2) is 0 Å². The van der Waals surface area contributed by atoms with Gasteiger partial charge in [-0.1, -0.05) is 0 Å². The second-order valence-electron chi connectivity index (χ2n) is 7.70. The number of nitrogens with two attached hydrogens (primary N) is 1. The maximum Gasteiger partial charge on any atom is 0.410 e. The van der Waals surface area contributed by atoms with E-state index < -0.39 is 11.6 Å². The number of nitrogens with zero attached hydrogens (tertiary/aromatic N) is 2. The molecule has 6 nitrogen and oxygen atoms in total. The van der Waals surface area contributed by atoms with Crippen molar-refractivity contribution in [1.29, 1.82) is 0 Å². The predicted octanol–water partition coefficient (Wildman–Crippen LogP) is 2.36. The number of piperidine rings is 1. The van der Waals surface area contributed by atoms with Gasteiger partial charge in [0.1, 0.15) is 5.60 Å². The summed E-state index contributed by atoms with van der Waals surface area (Å²) in [6.45, 7) is 12.4. The second kappa shape index (κ2) is 7.99. The topological polar surface area (TPSA) is 75.9 Å². The normalized spacial score (nSPS) is 20.3. The number of amides is 2. The van der Waals surface area contributed by atoms with Crippen molar-refractivity contribution in [2.45, 2.75) is 84.5 Å². The van der Waals surface area contributed by atoms with E-state index in [4.69, 9.17) is 10.5 Å². The minimum atomic E-state index is -0.530. The van der Waals surface area contributed by atoms with Crippen molar-refractivity contribution in [1.82, 2.24) is 9.80 Å². The van der Waals surface area contributed by atoms with Crippen LogP contribution in [0.4, 0.5) is 4.79 Å². The van der Waals surface area contributed by atoms with E-state index in [0.717, 1.165) is 19.3 Å². The summed E-state index contributed by atoms with van der Waals surface area (Å²) in [5, 5.41) is 0. The van der Waals surface area contributed by atoms with Crippen LogP contribution < -0.4 is 5.73 Å². The summed E-state index contributed by atoms with van der Waals surface area (Å²) in [6, 6.07) is -0.485. The minimum Gasteiger partial charge on any atom is -0.444 e. The van der Waals surface area contributed by atoms with Gasteiger partial charge in [-0.2, -0.15) is 0 Å². The van der Waals surface area contributed by atoms with E-state index in [1.165, 1.54) is 0 Å². The smallest absolute Gasteiger partial charge is 0.410 e. The van der Waals surface area contributed by atoms with Crippen LogP contribution in [0, 0.1) is 0 Å². The van der Waals surface area contributed by atoms with E-state index in [0.29, 0.717) is 13.1 Å². The molecular weight excluding hydrogens is 294 g/mol. The van der Waals surface area contributed by atoms with E-state index in [-0.39, 0.29) is 24.1 Å². The first-order valence-electron chi connectivity index (χ1n) is 8.58. The average molecular weight is 327 g/mol. The Morgan fingerprint density at radius 2 is 1.87 bits per heavy atom. The quantitative estimate of drug-likeness (QED) is 0.860. The SMILES string of the molecule is CC(N)C(=O)N1CCCCC1CN(C(=O)OC(C)(C)C)C(C)C. The van der Waals surface area contributed by atoms with Crippen LogP contribution in [-0.2, 0) is 9.53 Å². The summed E-state index contributed by atoms with van der Waals surface area (Å²) < 4.78 is 5.50. The fourth-order valence-corrected chi connectivity index (χ4v) is 2.79. The lowest BCUT2D eigenvalue weighted by Crippen LogP contribution is -2.55. The Balaban J connectivity index is 2.84. The fourth-order valence-electron chi connectivity index (χ4n) is 2.79. The van der Waals surface area contributed by atoms with Crippen molar-refractivity contribution in [2.24, 2.45) is 5.73 Å². The molecule has 1 aliphatic heterocycles. The summed E-state index contributed by atoms with van der Waals surface area (Å²) in [6.07, 6.45) is 2.62. The predicted molar refractivity (Wildman–Crippen MR) is 91.1 cm³/mol. The summed E-state index contributed by atoms with van der Waals surface area (Å²) in [7, 11) is 0. The highest BCUT2D eigenvalue weighted by molar-refractivity contribution is 5.81. The van der Waals surface area contributed by atoms with Gasteiger partial charge in [-0.3, -0.25) is 4.79 Å². The molecule has 0 bridgehead atoms. The molecule has 2 atom stereocenters. The van der Waals surface area contributed by atoms with Crippen LogP contribution in [0.2, 0.25) is 0 Å². The average Bonchev–Trinajstić information content (AvgIpc) is 2.41. The molecule has 1 saturated heterocycles. The number of likely N-dealkylation sites (tertiary alicyclic amines) is 1. The Bertz CT molecular complexity index is 416. The first-order valence-corrected chi connectivity index (χ1v) is 8.58. The first kappa shape index (κ1) is 19.7. The van der Waals surface area contributed by atoms with Crippen LogP contribution >= 0.6 is 0 Å². The Morgan fingerprint density at radius 3 is 2.35 bits per heavy atom. The highest BCUT2D eigenvalue weighted by Crippen LogP contribution is 2.21. The van der Waals surface area contributed by atoms with Gasteiger partial charge in [0, 0.05) is 25.2 Å². The highest BCUT2D eigenvalue weighted by atomic mass is 16.6. The molecule has 1 heterocycles. The standard InChI is InChI=1S/C17H33N3O3/c1-12(2)20(16(22)23-17(4,5)6)11-14-9-7-8-10-19(14)15(21)13(3)18/h12-14H,7-11,18H2,1-6H3. The number of ether oxygens (including phenoxy) is 1. The summed E-state index contributed by atoms with van der Waals surface area (Å²) >= 11 is 0. The van der Waals surface area contributed by atoms with Gasteiger partial charge in [0.05, 0.1) is 6.04 Å². The van der Waals surface area contributed by atoms with Crippen LogP contribution in [0.5, 0.6) is 0 Å². The highest BCUT2D eigenvalue weighted by Gasteiger charge is 2.33. The molecule has 0 radical (unpaired) electrons. The number of hydrogen-bond acceptors (Lipinski definition) is 4. The van der Waals surface area contributed by atoms with Gasteiger partial charge in [-0.15, -0.1) is 0 Å². The van der Waals surface area contributed by atoms with Crippen molar-refractivity contribution >= 4 is 12.0 Å². The number of hydrogen-bond donors (Lipinski definition) is 1. The molecule has 1 rings (SSSR count). The Hall–Kier alpha value is -1.30. The maximum absolute atomic E-state index is 12.5. The van der Waals surface area contributed by atoms with Crippen LogP contribution in [0.25, 0.3) is 0 Å². The second-order valence-corrected chi connectivity index (χ2v) is 7.70. The lowest BCUT2D eigenvalue weighted by molar-refractivity contribution is -0.136. The van der Waals surface area contributed by atoms with E-state index in [1.807, 2.05) is 39.5 Å². The molecule has 0 saturated carbocycles. The number of carbonyl (C=O) groups excluding carboxylic acids is 2. The molecule has 134 valence electrons. The zero-order chi connectivity index (χ0) is 17.8. The molecule has 23 heavy (non-hydrogen) atoms. The van der Waals surface area contributed by atoms with Gasteiger partial charge in [-0.05, 0) is 60.8 Å². The molecule has 6 heteroatoms. The molecule has 0 aromatic rings. The van der Waals surface area contributed by atoms with Gasteiger partial charge in [-0.25, -0.2) is 4.79 Å². The monoisotopic (exact) mass is 327 g/mol. The third-order valence-corrected chi connectivity index (χ3v) is 3.96. The van der Waals surface area contributed by atoms with E-state index in [1.54, 1.807) is 11.8 Å². The molecule has 0 spiro atoms. The van der Waals surface area contributed by atoms with Crippen LogP contribution in [0.3, 0.4) is 0 Å². The van der Waals surface area contributed by atoms with Crippen LogP contribution in [-0.4, -0.2) is 58.6 Å². The van der Waals surface area contributed by atoms with Crippen molar-refractivity contribution in [3.63, 3.8) is 0 Å². The van der Waals surface area contributed by atoms with E-state index >= 15 is 0 Å². The number of rotatable bonds is 4. The van der Waals surface area contributed by atoms with Gasteiger partial charge in [0.15, 0.2) is 0 Å². The fraction of sp³-hybridized carbons (Fsp3) is 0.882. The number of carbonyl (C=O) groups is 2. The van der Waals surface area contributed by atoms with E-state index in [9.17, 15) is 9.59 Å². The van der Waals surface area contributed by atoms with E-state index in [2.05, 4.69) is 0 Å². The van der Waals surface area contributed by atoms with Gasteiger partial charge in [0.2, 0.25) is 5.91 Å². The molecule has 0 aromatic carbocycles. The Morgan fingerprint density at radius 1 is 1.26 bits per heavy atom. The summed E-state index contributed by atoms with van der Waals surface area (Å²) in [5.41, 5.74) is 5.24. The van der Waals surface area contributed by atoms with Crippen LogP contribution in [0.1, 0.15) is 60.8 Å². The van der Waals surface area contributed by atoms with Gasteiger partial charge in [0.25, 0.3) is 0 Å². The summed E-state index contributed by atoms with van der Waals surface area (Å²) in [4.78, 5) is 28.3. The maximum atomic E-state index is 12.5. The van der Waals surface area contributed by atoms with Gasteiger partial charge >= 0.3 is 6.09 Å². The molecule has 0 aromatic heterocycles. The third kappa shape index (κ3) is 6.01. The first-order chi connectivity index (χ1) is 10.5. The molecular formula is C17H33N3O3. The van der Waals surface area contributed by atoms with Crippen molar-refractivity contribution in [3.8, 4) is 0 Å². The van der Waals surface area contributed by atoms with Gasteiger partial charge < -0.3 is 20.3 Å². The summed E-state index contributed by atoms with van der Waals surface area (Å²) in [5.74, 6) is -0.0393. The zero-order valence-electron chi connectivity index (χ0n) is 15.5. The largest absolute Gasteiger partial charge is 0.444 e. The van der Waals surface area contributed by atoms with Crippen molar-refractivity contribution in [2.75, 3.05) is 13.1 Å². The molecule has 2 amide bonds. The Kier molecular flexibility index (Phi) is 6.86. The van der Waals surface area contributed by atoms with Crippen molar-refractivity contribution < 1.29 is 14.3 Å². The molecule has 2 unspecified atom stereocenters. The zero-order valence-corrected chi connectivity index (χ0v) is 15.5. The minimum absolute atomic E-state index is 0.0113. The molecule has 1 fully saturated rings. The third-order valence-electron chi connectivity index (χ3n) is 3.96.